The number of ether oxygens (including phenoxy) is 3. The highest BCUT2D eigenvalue weighted by molar-refractivity contribution is 9.10. The molecule has 0 saturated carbocycles. The average Bonchev–Trinajstić information content (AvgIpc) is 2.62. The van der Waals surface area contributed by atoms with Crippen LogP contribution in [0.3, 0.4) is 0 Å². The number of hydrogen-bond acceptors (Lipinski definition) is 5. The van der Waals surface area contributed by atoms with Crippen molar-refractivity contribution in [3.05, 3.63) is 58.1 Å². The Labute approximate surface area is 167 Å². The van der Waals surface area contributed by atoms with E-state index in [0.717, 1.165) is 17.3 Å². The van der Waals surface area contributed by atoms with E-state index in [0.29, 0.717) is 23.5 Å². The molecule has 2 rings (SSSR count). The van der Waals surface area contributed by atoms with Crippen LogP contribution in [0.25, 0.3) is 0 Å². The first-order valence-electron chi connectivity index (χ1n) is 8.86. The highest BCUT2D eigenvalue weighted by atomic mass is 79.9. The molecule has 0 unspecified atom stereocenters. The first-order chi connectivity index (χ1) is 12.9. The number of carbonyl (C=O) groups is 2. The van der Waals surface area contributed by atoms with Crippen molar-refractivity contribution in [2.75, 3.05) is 6.61 Å². The number of rotatable bonds is 8. The van der Waals surface area contributed by atoms with Crippen LogP contribution in [-0.4, -0.2) is 24.6 Å². The molecule has 144 valence electrons. The minimum Gasteiger partial charge on any atom is -0.493 e. The third-order valence-electron chi connectivity index (χ3n) is 3.54. The third-order valence-corrected chi connectivity index (χ3v) is 4.03. The van der Waals surface area contributed by atoms with Crippen LogP contribution in [0.2, 0.25) is 0 Å². The molecule has 0 aliphatic rings. The highest BCUT2D eigenvalue weighted by Gasteiger charge is 2.17. The molecule has 6 heteroatoms. The van der Waals surface area contributed by atoms with Gasteiger partial charge in [-0.05, 0) is 56.7 Å². The highest BCUT2D eigenvalue weighted by Crippen LogP contribution is 2.26. The van der Waals surface area contributed by atoms with Gasteiger partial charge in [0.2, 0.25) is 0 Å². The molecule has 5 nitrogen and oxygen atoms in total. The summed E-state index contributed by atoms with van der Waals surface area (Å²) in [4.78, 5) is 24.7. The summed E-state index contributed by atoms with van der Waals surface area (Å²) in [6.45, 7) is 6.14. The number of hydrogen-bond donors (Lipinski definition) is 0. The van der Waals surface area contributed by atoms with E-state index in [1.807, 2.05) is 0 Å². The number of benzene rings is 2. The Kier molecular flexibility index (Phi) is 7.85. The van der Waals surface area contributed by atoms with E-state index in [-0.39, 0.29) is 11.9 Å². The van der Waals surface area contributed by atoms with Gasteiger partial charge in [0.25, 0.3) is 0 Å². The summed E-state index contributed by atoms with van der Waals surface area (Å²) in [6.07, 6.45) is 1.66. The molecule has 0 aliphatic carbocycles. The fourth-order valence-corrected chi connectivity index (χ4v) is 2.61. The summed E-state index contributed by atoms with van der Waals surface area (Å²) >= 11 is 3.36. The average molecular weight is 435 g/mol. The molecule has 0 amide bonds. The van der Waals surface area contributed by atoms with Gasteiger partial charge in [-0.3, -0.25) is 0 Å². The summed E-state index contributed by atoms with van der Waals surface area (Å²) in [5.41, 5.74) is 0.637. The summed E-state index contributed by atoms with van der Waals surface area (Å²) in [6, 6.07) is 11.5. The second-order valence-electron chi connectivity index (χ2n) is 6.21. The van der Waals surface area contributed by atoms with Gasteiger partial charge in [-0.2, -0.15) is 0 Å². The standard InChI is InChI=1S/C21H23BrO5/c1-4-5-11-25-19-10-9-16(22)13-18(19)21(24)27-17-8-6-7-15(12-17)20(23)26-14(2)3/h6-10,12-14H,4-5,11H2,1-3H3. The topological polar surface area (TPSA) is 61.8 Å². The van der Waals surface area contributed by atoms with Crippen LogP contribution in [0, 0.1) is 0 Å². The van der Waals surface area contributed by atoms with Crippen LogP contribution in [0.5, 0.6) is 11.5 Å². The van der Waals surface area contributed by atoms with Gasteiger partial charge >= 0.3 is 11.9 Å². The Morgan fingerprint density at radius 2 is 1.85 bits per heavy atom. The van der Waals surface area contributed by atoms with E-state index in [4.69, 9.17) is 14.2 Å². The first-order valence-corrected chi connectivity index (χ1v) is 9.65. The van der Waals surface area contributed by atoms with Gasteiger partial charge in [-0.1, -0.05) is 35.3 Å². The predicted molar refractivity (Wildman–Crippen MR) is 106 cm³/mol. The lowest BCUT2D eigenvalue weighted by molar-refractivity contribution is 0.0376. The van der Waals surface area contributed by atoms with Crippen molar-refractivity contribution >= 4 is 27.9 Å². The van der Waals surface area contributed by atoms with E-state index >= 15 is 0 Å². The monoisotopic (exact) mass is 434 g/mol. The number of carbonyl (C=O) groups excluding carboxylic acids is 2. The minimum absolute atomic E-state index is 0.229. The van der Waals surface area contributed by atoms with Gasteiger partial charge in [-0.15, -0.1) is 0 Å². The zero-order chi connectivity index (χ0) is 19.8. The maximum atomic E-state index is 12.6. The fourth-order valence-electron chi connectivity index (χ4n) is 2.24. The zero-order valence-corrected chi connectivity index (χ0v) is 17.2. The normalized spacial score (nSPS) is 10.6. The van der Waals surface area contributed by atoms with E-state index < -0.39 is 11.9 Å². The van der Waals surface area contributed by atoms with Gasteiger partial charge in [0.05, 0.1) is 18.3 Å². The molecule has 2 aromatic carbocycles. The Morgan fingerprint density at radius 3 is 2.56 bits per heavy atom. The maximum Gasteiger partial charge on any atom is 0.347 e. The quantitative estimate of drug-likeness (QED) is 0.315. The first kappa shape index (κ1) is 21.0. The van der Waals surface area contributed by atoms with Crippen molar-refractivity contribution in [2.24, 2.45) is 0 Å². The fraction of sp³-hybridized carbons (Fsp3) is 0.333. The SMILES string of the molecule is CCCCOc1ccc(Br)cc1C(=O)Oc1cccc(C(=O)OC(C)C)c1. The number of esters is 2. The lowest BCUT2D eigenvalue weighted by Gasteiger charge is -2.12. The molecule has 0 aliphatic heterocycles. The molecular weight excluding hydrogens is 412 g/mol. The van der Waals surface area contributed by atoms with Crippen molar-refractivity contribution < 1.29 is 23.8 Å². The van der Waals surface area contributed by atoms with Gasteiger partial charge in [-0.25, -0.2) is 9.59 Å². The molecule has 0 fully saturated rings. The van der Waals surface area contributed by atoms with Gasteiger partial charge in [0.15, 0.2) is 0 Å². The van der Waals surface area contributed by atoms with Gasteiger partial charge in [0, 0.05) is 4.47 Å². The second kappa shape index (κ2) is 10.1. The van der Waals surface area contributed by atoms with Crippen molar-refractivity contribution in [3.8, 4) is 11.5 Å². The van der Waals surface area contributed by atoms with Crippen LogP contribution in [-0.2, 0) is 4.74 Å². The van der Waals surface area contributed by atoms with Crippen LogP contribution in [0.1, 0.15) is 54.3 Å². The third kappa shape index (κ3) is 6.40. The summed E-state index contributed by atoms with van der Waals surface area (Å²) in [7, 11) is 0. The van der Waals surface area contributed by atoms with Crippen LogP contribution in [0.15, 0.2) is 46.9 Å². The van der Waals surface area contributed by atoms with E-state index in [2.05, 4.69) is 22.9 Å². The van der Waals surface area contributed by atoms with Crippen molar-refractivity contribution in [1.82, 2.24) is 0 Å². The number of unbranched alkanes of at least 4 members (excludes halogenated alkanes) is 1. The van der Waals surface area contributed by atoms with E-state index in [1.54, 1.807) is 50.2 Å². The molecular formula is C21H23BrO5. The van der Waals surface area contributed by atoms with Crippen molar-refractivity contribution in [3.63, 3.8) is 0 Å². The molecule has 0 radical (unpaired) electrons. The molecule has 0 saturated heterocycles. The Bertz CT molecular complexity index is 801. The Hall–Kier alpha value is -2.34. The summed E-state index contributed by atoms with van der Waals surface area (Å²) in [5, 5.41) is 0. The van der Waals surface area contributed by atoms with Crippen LogP contribution in [0.4, 0.5) is 0 Å². The summed E-state index contributed by atoms with van der Waals surface area (Å²) in [5.74, 6) is -0.296. The molecule has 0 N–H and O–H groups in total. The van der Waals surface area contributed by atoms with Crippen LogP contribution < -0.4 is 9.47 Å². The second-order valence-corrected chi connectivity index (χ2v) is 7.13. The molecule has 27 heavy (non-hydrogen) atoms. The molecule has 0 aromatic heterocycles. The lowest BCUT2D eigenvalue weighted by atomic mass is 10.2. The molecule has 0 heterocycles. The molecule has 0 atom stereocenters. The molecule has 2 aromatic rings. The largest absolute Gasteiger partial charge is 0.493 e. The van der Waals surface area contributed by atoms with Gasteiger partial charge in [0.1, 0.15) is 17.1 Å². The Balaban J connectivity index is 2.17. The van der Waals surface area contributed by atoms with E-state index in [1.165, 1.54) is 6.07 Å². The predicted octanol–water partition coefficient (Wildman–Crippen LogP) is 5.41. The summed E-state index contributed by atoms with van der Waals surface area (Å²) < 4.78 is 17.1. The van der Waals surface area contributed by atoms with Crippen molar-refractivity contribution in [1.29, 1.82) is 0 Å². The lowest BCUT2D eigenvalue weighted by Crippen LogP contribution is -2.13. The molecule has 0 spiro atoms. The van der Waals surface area contributed by atoms with Crippen molar-refractivity contribution in [2.45, 2.75) is 39.7 Å². The number of halogens is 1. The Morgan fingerprint density at radius 1 is 1.07 bits per heavy atom. The van der Waals surface area contributed by atoms with E-state index in [9.17, 15) is 9.59 Å². The van der Waals surface area contributed by atoms with Crippen LogP contribution >= 0.6 is 15.9 Å². The molecule has 0 bridgehead atoms. The smallest absolute Gasteiger partial charge is 0.347 e. The van der Waals surface area contributed by atoms with Gasteiger partial charge < -0.3 is 14.2 Å². The minimum atomic E-state index is -0.558. The zero-order valence-electron chi connectivity index (χ0n) is 15.7. The maximum absolute atomic E-state index is 12.6.